The van der Waals surface area contributed by atoms with Crippen molar-refractivity contribution in [1.82, 2.24) is 0 Å². The first-order chi connectivity index (χ1) is 32.6. The third-order valence-corrected chi connectivity index (χ3v) is 13.8. The van der Waals surface area contributed by atoms with E-state index in [1.165, 1.54) is 0 Å². The number of allylic oxidation sites excluding steroid dienone is 3. The van der Waals surface area contributed by atoms with E-state index >= 15 is 0 Å². The Morgan fingerprint density at radius 2 is 0.485 bits per heavy atom. The van der Waals surface area contributed by atoms with Crippen LogP contribution in [0.15, 0.2) is 200 Å². The van der Waals surface area contributed by atoms with E-state index in [2.05, 4.69) is 182 Å². The average Bonchev–Trinajstić information content (AvgIpc) is 4.01. The minimum absolute atomic E-state index is 0.565. The number of hydrogen-bond acceptors (Lipinski definition) is 3. The Balaban J connectivity index is 1.26. The maximum absolute atomic E-state index is 11.6. The van der Waals surface area contributed by atoms with E-state index in [0.29, 0.717) is 16.7 Å². The average molecular weight is 832 g/mol. The van der Waals surface area contributed by atoms with Crippen LogP contribution in [-0.4, -0.2) is 0 Å². The minimum atomic E-state index is 0.565. The molecule has 0 spiro atoms. The van der Waals surface area contributed by atoms with Crippen molar-refractivity contribution in [3.8, 4) is 51.6 Å². The molecule has 0 atom stereocenters. The second-order valence-corrected chi connectivity index (χ2v) is 17.2. The second kappa shape index (κ2) is 14.4. The summed E-state index contributed by atoms with van der Waals surface area (Å²) in [4.78, 5) is 0. The van der Waals surface area contributed by atoms with Crippen LogP contribution in [0.4, 0.5) is 0 Å². The van der Waals surface area contributed by atoms with Gasteiger partial charge in [0, 0.05) is 33.4 Å². The molecular formula is C63H33N3. The van der Waals surface area contributed by atoms with Gasteiger partial charge in [-0.25, -0.2) is 0 Å². The van der Waals surface area contributed by atoms with Crippen LogP contribution in [0.5, 0.6) is 0 Å². The normalized spacial score (nSPS) is 14.9. The SMILES string of the molecule is N#C/C(=C1/c2ccccc2-c2c1c1c(c3c2/C(=C(\C#N)c2ccc4ccccc4c2)c2ccccc2-3)/C(=C(\C#N)c2ccc3ccccc3c2)c2ccccc2-1)c1ccc2ccccc2c1. The molecule has 0 saturated heterocycles. The third-order valence-electron chi connectivity index (χ3n) is 13.8. The Morgan fingerprint density at radius 3 is 0.758 bits per heavy atom. The molecule has 0 bridgehead atoms. The van der Waals surface area contributed by atoms with Crippen LogP contribution in [0.2, 0.25) is 0 Å². The number of hydrogen-bond donors (Lipinski definition) is 0. The smallest absolute Gasteiger partial charge is 0.100 e. The van der Waals surface area contributed by atoms with E-state index < -0.39 is 0 Å². The van der Waals surface area contributed by atoms with Crippen molar-refractivity contribution < 1.29 is 0 Å². The van der Waals surface area contributed by atoms with E-state index in [9.17, 15) is 15.8 Å². The van der Waals surface area contributed by atoms with Gasteiger partial charge in [-0.1, -0.05) is 182 Å². The first-order valence-electron chi connectivity index (χ1n) is 22.1. The van der Waals surface area contributed by atoms with E-state index in [1.807, 2.05) is 36.4 Å². The maximum Gasteiger partial charge on any atom is 0.100 e. The summed E-state index contributed by atoms with van der Waals surface area (Å²) in [5, 5.41) is 41.1. The second-order valence-electron chi connectivity index (χ2n) is 17.2. The fraction of sp³-hybridized carbons (Fsp3) is 0. The lowest BCUT2D eigenvalue weighted by molar-refractivity contribution is 1.52. The van der Waals surface area contributed by atoms with Crippen LogP contribution in [-0.2, 0) is 0 Å². The van der Waals surface area contributed by atoms with Crippen molar-refractivity contribution in [3.63, 3.8) is 0 Å². The van der Waals surface area contributed by atoms with E-state index in [-0.39, 0.29) is 0 Å². The molecule has 0 saturated carbocycles. The first kappa shape index (κ1) is 37.2. The summed E-state index contributed by atoms with van der Waals surface area (Å²) in [6, 6.07) is 77.0. The zero-order valence-corrected chi connectivity index (χ0v) is 35.4. The molecule has 300 valence electrons. The van der Waals surface area contributed by atoms with Gasteiger partial charge in [-0.05, 0) is 117 Å². The van der Waals surface area contributed by atoms with Gasteiger partial charge in [-0.2, -0.15) is 15.8 Å². The highest BCUT2D eigenvalue weighted by atomic mass is 14.5. The maximum atomic E-state index is 11.6. The fourth-order valence-corrected chi connectivity index (χ4v) is 11.1. The molecule has 3 nitrogen and oxygen atoms in total. The number of rotatable bonds is 3. The number of nitriles is 3. The number of fused-ring (bicyclic) bond motifs is 15. The van der Waals surface area contributed by atoms with Gasteiger partial charge < -0.3 is 0 Å². The van der Waals surface area contributed by atoms with E-state index in [4.69, 9.17) is 0 Å². The monoisotopic (exact) mass is 831 g/mol. The van der Waals surface area contributed by atoms with Crippen LogP contribution in [0.1, 0.15) is 50.1 Å². The molecule has 10 aromatic rings. The quantitative estimate of drug-likeness (QED) is 0.167. The summed E-state index contributed by atoms with van der Waals surface area (Å²) < 4.78 is 0. The highest BCUT2D eigenvalue weighted by molar-refractivity contribution is 6.30. The van der Waals surface area contributed by atoms with Gasteiger partial charge in [-0.3, -0.25) is 0 Å². The summed E-state index contributed by atoms with van der Waals surface area (Å²) in [6.45, 7) is 0. The molecule has 66 heavy (non-hydrogen) atoms. The van der Waals surface area contributed by atoms with Crippen molar-refractivity contribution in [2.24, 2.45) is 0 Å². The van der Waals surface area contributed by atoms with Crippen molar-refractivity contribution in [1.29, 1.82) is 15.8 Å². The lowest BCUT2D eigenvalue weighted by atomic mass is 9.81. The molecule has 0 aliphatic heterocycles. The van der Waals surface area contributed by atoms with Crippen molar-refractivity contribution in [3.05, 3.63) is 250 Å². The van der Waals surface area contributed by atoms with Gasteiger partial charge in [0.1, 0.15) is 18.2 Å². The highest BCUT2D eigenvalue weighted by Gasteiger charge is 2.44. The topological polar surface area (TPSA) is 71.4 Å². The van der Waals surface area contributed by atoms with Crippen LogP contribution in [0, 0.1) is 34.0 Å². The molecule has 3 heteroatoms. The lowest BCUT2D eigenvalue weighted by Gasteiger charge is -2.20. The fourth-order valence-electron chi connectivity index (χ4n) is 11.1. The Labute approximate surface area is 381 Å². The number of nitrogens with zero attached hydrogens (tertiary/aromatic N) is 3. The minimum Gasteiger partial charge on any atom is -0.192 e. The zero-order valence-electron chi connectivity index (χ0n) is 35.4. The molecule has 0 amide bonds. The van der Waals surface area contributed by atoms with Crippen LogP contribution in [0.3, 0.4) is 0 Å². The van der Waals surface area contributed by atoms with Gasteiger partial charge in [-0.15, -0.1) is 0 Å². The molecule has 10 aromatic carbocycles. The van der Waals surface area contributed by atoms with Gasteiger partial charge in [0.2, 0.25) is 0 Å². The van der Waals surface area contributed by atoms with E-state index in [1.54, 1.807) is 0 Å². The Bertz CT molecular complexity index is 3640. The Kier molecular flexibility index (Phi) is 8.10. The third kappa shape index (κ3) is 5.22. The predicted octanol–water partition coefficient (Wildman–Crippen LogP) is 15.5. The van der Waals surface area contributed by atoms with Crippen LogP contribution < -0.4 is 0 Å². The summed E-state index contributed by atoms with van der Waals surface area (Å²) in [7, 11) is 0. The molecule has 0 fully saturated rings. The lowest BCUT2D eigenvalue weighted by Crippen LogP contribution is -2.00. The Morgan fingerprint density at radius 1 is 0.242 bits per heavy atom. The molecule has 0 unspecified atom stereocenters. The molecular weight excluding hydrogens is 799 g/mol. The van der Waals surface area contributed by atoms with Crippen LogP contribution >= 0.6 is 0 Å². The van der Waals surface area contributed by atoms with Crippen molar-refractivity contribution in [2.75, 3.05) is 0 Å². The van der Waals surface area contributed by atoms with E-state index in [0.717, 1.165) is 132 Å². The van der Waals surface area contributed by atoms with Crippen molar-refractivity contribution in [2.45, 2.75) is 0 Å². The molecule has 3 aliphatic carbocycles. The zero-order chi connectivity index (χ0) is 44.0. The molecule has 0 heterocycles. The molecule has 0 aromatic heterocycles. The molecule has 0 radical (unpaired) electrons. The molecule has 0 N–H and O–H groups in total. The summed E-state index contributed by atoms with van der Waals surface area (Å²) >= 11 is 0. The summed E-state index contributed by atoms with van der Waals surface area (Å²) in [6.07, 6.45) is 0. The number of benzene rings is 10. The highest BCUT2D eigenvalue weighted by Crippen LogP contribution is 2.66. The standard InChI is InChI=1S/C63H33N3/c64-34-52(43-28-25-37-13-1-4-16-40(37)31-43)55-46-19-7-10-22-49(46)58-61(55)59-50-23-11-8-20-47(50)56(53(35-65)44-29-26-38-14-2-5-17-41(38)32-44)63(59)60-51-24-12-9-21-48(51)57(62(58)60)54(36-66)45-30-27-39-15-3-6-18-42(39)33-45/h1-33H/b55-52+,56-53+,57-54+. The predicted molar refractivity (Wildman–Crippen MR) is 269 cm³/mol. The molecule has 3 aliphatic rings. The summed E-state index contributed by atoms with van der Waals surface area (Å²) in [5.74, 6) is 0. The van der Waals surface area contributed by atoms with Crippen LogP contribution in [0.25, 0.3) is 99.1 Å². The Hall–Kier alpha value is -9.33. The molecule has 13 rings (SSSR count). The first-order valence-corrected chi connectivity index (χ1v) is 22.1. The van der Waals surface area contributed by atoms with Gasteiger partial charge in [0.15, 0.2) is 0 Å². The van der Waals surface area contributed by atoms with Gasteiger partial charge in [0.25, 0.3) is 0 Å². The van der Waals surface area contributed by atoms with Gasteiger partial charge >= 0.3 is 0 Å². The summed E-state index contributed by atoms with van der Waals surface area (Å²) in [5.41, 5.74) is 18.4. The van der Waals surface area contributed by atoms with Gasteiger partial charge in [0.05, 0.1) is 16.7 Å². The van der Waals surface area contributed by atoms with Crippen molar-refractivity contribution >= 4 is 65.8 Å². The largest absolute Gasteiger partial charge is 0.192 e.